The van der Waals surface area contributed by atoms with Gasteiger partial charge in [0, 0.05) is 24.2 Å². The molecule has 4 heteroatoms. The van der Waals surface area contributed by atoms with E-state index in [0.717, 1.165) is 19.3 Å². The highest BCUT2D eigenvalue weighted by Crippen LogP contribution is 2.42. The van der Waals surface area contributed by atoms with Gasteiger partial charge in [0.15, 0.2) is 0 Å². The van der Waals surface area contributed by atoms with Gasteiger partial charge in [-0.2, -0.15) is 5.10 Å². The molecule has 20 heavy (non-hydrogen) atoms. The SMILES string of the molecule is Cn1nc(C2CCCCC2)c2c1CCCC2CC(=O)O. The number of carboxylic acid groups (broad SMARTS) is 1. The zero-order valence-corrected chi connectivity index (χ0v) is 12.3. The molecule has 2 aliphatic carbocycles. The van der Waals surface area contributed by atoms with Crippen molar-refractivity contribution in [1.29, 1.82) is 0 Å². The van der Waals surface area contributed by atoms with Crippen LogP contribution in [-0.2, 0) is 18.3 Å². The van der Waals surface area contributed by atoms with Crippen LogP contribution in [0.1, 0.15) is 80.2 Å². The van der Waals surface area contributed by atoms with Gasteiger partial charge in [-0.15, -0.1) is 0 Å². The van der Waals surface area contributed by atoms with Crippen LogP contribution in [0.3, 0.4) is 0 Å². The summed E-state index contributed by atoms with van der Waals surface area (Å²) in [5, 5.41) is 14.0. The topological polar surface area (TPSA) is 55.1 Å². The molecule has 1 heterocycles. The van der Waals surface area contributed by atoms with E-state index >= 15 is 0 Å². The van der Waals surface area contributed by atoms with Gasteiger partial charge in [-0.25, -0.2) is 0 Å². The molecule has 0 radical (unpaired) electrons. The monoisotopic (exact) mass is 276 g/mol. The molecule has 0 bridgehead atoms. The van der Waals surface area contributed by atoms with Gasteiger partial charge in [-0.05, 0) is 38.0 Å². The van der Waals surface area contributed by atoms with Crippen molar-refractivity contribution in [2.45, 2.75) is 69.6 Å². The van der Waals surface area contributed by atoms with Gasteiger partial charge >= 0.3 is 5.97 Å². The van der Waals surface area contributed by atoms with E-state index in [4.69, 9.17) is 5.10 Å². The van der Waals surface area contributed by atoms with Crippen molar-refractivity contribution in [3.8, 4) is 0 Å². The zero-order chi connectivity index (χ0) is 14.1. The minimum absolute atomic E-state index is 0.182. The fourth-order valence-electron chi connectivity index (χ4n) is 4.09. The molecule has 1 N–H and O–H groups in total. The number of fused-ring (bicyclic) bond motifs is 1. The number of hydrogen-bond donors (Lipinski definition) is 1. The Bertz CT molecular complexity index is 501. The van der Waals surface area contributed by atoms with Crippen LogP contribution in [0, 0.1) is 0 Å². The van der Waals surface area contributed by atoms with Gasteiger partial charge in [-0.1, -0.05) is 19.3 Å². The summed E-state index contributed by atoms with van der Waals surface area (Å²) in [5.41, 5.74) is 3.82. The Morgan fingerprint density at radius 3 is 2.70 bits per heavy atom. The van der Waals surface area contributed by atoms with E-state index in [1.807, 2.05) is 11.7 Å². The van der Waals surface area contributed by atoms with Crippen LogP contribution in [0.4, 0.5) is 0 Å². The minimum Gasteiger partial charge on any atom is -0.481 e. The molecule has 4 nitrogen and oxygen atoms in total. The Labute approximate surface area is 120 Å². The summed E-state index contributed by atoms with van der Waals surface area (Å²) in [4.78, 5) is 11.1. The van der Waals surface area contributed by atoms with Crippen LogP contribution in [0.25, 0.3) is 0 Å². The Hall–Kier alpha value is -1.32. The van der Waals surface area contributed by atoms with Gasteiger partial charge in [0.05, 0.1) is 12.1 Å². The molecule has 1 fully saturated rings. The van der Waals surface area contributed by atoms with E-state index < -0.39 is 5.97 Å². The second-order valence-corrected chi connectivity index (χ2v) is 6.39. The highest BCUT2D eigenvalue weighted by Gasteiger charge is 2.32. The molecule has 0 saturated heterocycles. The number of hydrogen-bond acceptors (Lipinski definition) is 2. The predicted octanol–water partition coefficient (Wildman–Crippen LogP) is 3.36. The number of carboxylic acids is 1. The maximum atomic E-state index is 11.1. The first-order valence-corrected chi connectivity index (χ1v) is 7.94. The first-order valence-electron chi connectivity index (χ1n) is 7.94. The van der Waals surface area contributed by atoms with Crippen molar-refractivity contribution >= 4 is 5.97 Å². The Balaban J connectivity index is 1.96. The lowest BCUT2D eigenvalue weighted by molar-refractivity contribution is -0.137. The van der Waals surface area contributed by atoms with Crippen molar-refractivity contribution in [3.63, 3.8) is 0 Å². The first-order chi connectivity index (χ1) is 9.66. The lowest BCUT2D eigenvalue weighted by atomic mass is 9.78. The van der Waals surface area contributed by atoms with Gasteiger partial charge in [0.25, 0.3) is 0 Å². The fourth-order valence-corrected chi connectivity index (χ4v) is 4.09. The number of aromatic nitrogens is 2. The van der Waals surface area contributed by atoms with Gasteiger partial charge in [0.2, 0.25) is 0 Å². The predicted molar refractivity (Wildman–Crippen MR) is 77.0 cm³/mol. The molecule has 1 aromatic rings. The van der Waals surface area contributed by atoms with E-state index in [1.54, 1.807) is 0 Å². The van der Waals surface area contributed by atoms with Crippen molar-refractivity contribution < 1.29 is 9.90 Å². The van der Waals surface area contributed by atoms with E-state index in [9.17, 15) is 9.90 Å². The molecule has 3 rings (SSSR count). The van der Waals surface area contributed by atoms with Crippen molar-refractivity contribution in [2.24, 2.45) is 7.05 Å². The minimum atomic E-state index is -0.679. The van der Waals surface area contributed by atoms with Crippen molar-refractivity contribution in [3.05, 3.63) is 17.0 Å². The van der Waals surface area contributed by atoms with Crippen molar-refractivity contribution in [2.75, 3.05) is 0 Å². The van der Waals surface area contributed by atoms with Gasteiger partial charge in [-0.3, -0.25) is 9.48 Å². The average molecular weight is 276 g/mol. The smallest absolute Gasteiger partial charge is 0.303 e. The van der Waals surface area contributed by atoms with Crippen LogP contribution in [0.15, 0.2) is 0 Å². The molecule has 0 amide bonds. The molecular formula is C16H24N2O2. The lowest BCUT2D eigenvalue weighted by Gasteiger charge is -2.26. The van der Waals surface area contributed by atoms with E-state index in [-0.39, 0.29) is 12.3 Å². The molecule has 2 aliphatic rings. The Morgan fingerprint density at radius 1 is 1.25 bits per heavy atom. The summed E-state index contributed by atoms with van der Waals surface area (Å²) < 4.78 is 2.02. The molecule has 0 spiro atoms. The van der Waals surface area contributed by atoms with Gasteiger partial charge < -0.3 is 5.11 Å². The maximum absolute atomic E-state index is 11.1. The summed E-state index contributed by atoms with van der Waals surface area (Å²) in [5.74, 6) is 0.0660. The molecule has 1 aromatic heterocycles. The van der Waals surface area contributed by atoms with E-state index in [2.05, 4.69) is 0 Å². The third kappa shape index (κ3) is 2.48. The number of aryl methyl sites for hydroxylation is 1. The third-order valence-corrected chi connectivity index (χ3v) is 5.02. The summed E-state index contributed by atoms with van der Waals surface area (Å²) in [6, 6.07) is 0. The maximum Gasteiger partial charge on any atom is 0.303 e. The lowest BCUT2D eigenvalue weighted by Crippen LogP contribution is -2.16. The molecule has 0 aliphatic heterocycles. The molecule has 1 saturated carbocycles. The van der Waals surface area contributed by atoms with Crippen LogP contribution < -0.4 is 0 Å². The summed E-state index contributed by atoms with van der Waals surface area (Å²) >= 11 is 0. The average Bonchev–Trinajstić information content (AvgIpc) is 2.78. The quantitative estimate of drug-likeness (QED) is 0.921. The van der Waals surface area contributed by atoms with E-state index in [0.29, 0.717) is 5.92 Å². The number of aliphatic carboxylic acids is 1. The van der Waals surface area contributed by atoms with Crippen molar-refractivity contribution in [1.82, 2.24) is 9.78 Å². The summed E-state index contributed by atoms with van der Waals surface area (Å²) in [6.07, 6.45) is 9.79. The highest BCUT2D eigenvalue weighted by molar-refractivity contribution is 5.68. The molecule has 110 valence electrons. The number of nitrogens with zero attached hydrogens (tertiary/aromatic N) is 2. The second-order valence-electron chi connectivity index (χ2n) is 6.39. The number of carbonyl (C=O) groups is 1. The normalized spacial score (nSPS) is 23.6. The molecule has 0 aromatic carbocycles. The fraction of sp³-hybridized carbons (Fsp3) is 0.750. The van der Waals surface area contributed by atoms with Crippen LogP contribution in [-0.4, -0.2) is 20.9 Å². The molecule has 1 unspecified atom stereocenters. The van der Waals surface area contributed by atoms with Gasteiger partial charge in [0.1, 0.15) is 0 Å². The number of rotatable bonds is 3. The standard InChI is InChI=1S/C16H24N2O2/c1-18-13-9-5-8-12(10-14(19)20)15(13)16(17-18)11-6-3-2-4-7-11/h11-12H,2-10H2,1H3,(H,19,20). The van der Waals surface area contributed by atoms with Crippen LogP contribution in [0.5, 0.6) is 0 Å². The largest absolute Gasteiger partial charge is 0.481 e. The van der Waals surface area contributed by atoms with Crippen LogP contribution in [0.2, 0.25) is 0 Å². The highest BCUT2D eigenvalue weighted by atomic mass is 16.4. The third-order valence-electron chi connectivity index (χ3n) is 5.02. The summed E-state index contributed by atoms with van der Waals surface area (Å²) in [6.45, 7) is 0. The Kier molecular flexibility index (Phi) is 3.81. The molecular weight excluding hydrogens is 252 g/mol. The summed E-state index contributed by atoms with van der Waals surface area (Å²) in [7, 11) is 2.02. The second kappa shape index (κ2) is 5.58. The Morgan fingerprint density at radius 2 is 2.00 bits per heavy atom. The van der Waals surface area contributed by atoms with Crippen LogP contribution >= 0.6 is 0 Å². The molecule has 1 atom stereocenters. The zero-order valence-electron chi connectivity index (χ0n) is 12.3. The van der Waals surface area contributed by atoms with E-state index in [1.165, 1.54) is 49.1 Å². The first kappa shape index (κ1) is 13.7.